The molecule has 1 aliphatic heterocycles. The maximum absolute atomic E-state index is 12.3. The van der Waals surface area contributed by atoms with Gasteiger partial charge in [-0.3, -0.25) is 4.79 Å². The topological polar surface area (TPSA) is 69.6 Å². The van der Waals surface area contributed by atoms with Crippen LogP contribution in [0.25, 0.3) is 0 Å². The van der Waals surface area contributed by atoms with Crippen LogP contribution in [0, 0.1) is 29.6 Å². The molecular formula is C17H26N2O3. The molecule has 2 aliphatic carbocycles. The highest BCUT2D eigenvalue weighted by Gasteiger charge is 2.35. The van der Waals surface area contributed by atoms with Crippen molar-refractivity contribution in [3.8, 4) is 0 Å². The molecule has 5 heteroatoms. The molecule has 5 atom stereocenters. The fraction of sp³-hybridized carbons (Fsp3) is 0.765. The molecule has 2 amide bonds. The molecule has 5 nitrogen and oxygen atoms in total. The first kappa shape index (κ1) is 15.4. The molecule has 2 bridgehead atoms. The third-order valence-corrected chi connectivity index (χ3v) is 5.50. The average Bonchev–Trinajstić information content (AvgIpc) is 3.09. The van der Waals surface area contributed by atoms with Crippen molar-refractivity contribution in [3.05, 3.63) is 12.2 Å². The number of nitrogens with one attached hydrogen (secondary N) is 1. The van der Waals surface area contributed by atoms with Crippen LogP contribution in [0.15, 0.2) is 12.2 Å². The quantitative estimate of drug-likeness (QED) is 0.783. The Morgan fingerprint density at radius 1 is 1.23 bits per heavy atom. The van der Waals surface area contributed by atoms with Crippen LogP contribution in [-0.4, -0.2) is 41.6 Å². The van der Waals surface area contributed by atoms with Gasteiger partial charge in [0.2, 0.25) is 0 Å². The van der Waals surface area contributed by atoms with Gasteiger partial charge in [-0.15, -0.1) is 0 Å². The second-order valence-electron chi connectivity index (χ2n) is 7.34. The minimum atomic E-state index is -0.793. The first-order chi connectivity index (χ1) is 10.5. The predicted molar refractivity (Wildman–Crippen MR) is 83.3 cm³/mol. The lowest BCUT2D eigenvalue weighted by Crippen LogP contribution is -2.49. The van der Waals surface area contributed by atoms with E-state index < -0.39 is 11.9 Å². The summed E-state index contributed by atoms with van der Waals surface area (Å²) in [5.74, 6) is 1.22. The van der Waals surface area contributed by atoms with E-state index in [1.807, 2.05) is 6.92 Å². The molecule has 0 aromatic rings. The smallest absolute Gasteiger partial charge is 0.317 e. The summed E-state index contributed by atoms with van der Waals surface area (Å²) in [4.78, 5) is 25.1. The van der Waals surface area contributed by atoms with Gasteiger partial charge in [-0.25, -0.2) is 4.79 Å². The summed E-state index contributed by atoms with van der Waals surface area (Å²) in [7, 11) is 0. The number of fused-ring (bicyclic) bond motifs is 2. The lowest BCUT2D eigenvalue weighted by atomic mass is 9.90. The molecule has 1 heterocycles. The fourth-order valence-electron chi connectivity index (χ4n) is 4.40. The summed E-state index contributed by atoms with van der Waals surface area (Å²) in [6, 6.07) is -0.100. The lowest BCUT2D eigenvalue weighted by molar-refractivity contribution is -0.143. The highest BCUT2D eigenvalue weighted by molar-refractivity contribution is 5.76. The third-order valence-electron chi connectivity index (χ3n) is 5.50. The summed E-state index contributed by atoms with van der Waals surface area (Å²) in [6.45, 7) is 3.70. The SMILES string of the molecule is CC1CC(C(=O)O)CN(C(=O)NCCC2C[C@@H]3C=C[C@H]2C3)C1. The summed E-state index contributed by atoms with van der Waals surface area (Å²) < 4.78 is 0. The van der Waals surface area contributed by atoms with E-state index in [2.05, 4.69) is 17.5 Å². The number of aliphatic carboxylic acids is 1. The number of carbonyl (C=O) groups excluding carboxylic acids is 1. The van der Waals surface area contributed by atoms with Gasteiger partial charge in [-0.2, -0.15) is 0 Å². The van der Waals surface area contributed by atoms with E-state index in [4.69, 9.17) is 0 Å². The number of carboxylic acids is 1. The number of rotatable bonds is 4. The Bertz CT molecular complexity index is 477. The molecule has 122 valence electrons. The number of hydrogen-bond acceptors (Lipinski definition) is 2. The van der Waals surface area contributed by atoms with E-state index in [0.29, 0.717) is 37.9 Å². The Morgan fingerprint density at radius 3 is 2.68 bits per heavy atom. The van der Waals surface area contributed by atoms with Crippen molar-refractivity contribution in [1.29, 1.82) is 0 Å². The Labute approximate surface area is 131 Å². The zero-order valence-corrected chi connectivity index (χ0v) is 13.2. The molecule has 3 aliphatic rings. The second kappa shape index (κ2) is 6.31. The van der Waals surface area contributed by atoms with Crippen LogP contribution in [0.1, 0.15) is 32.6 Å². The average molecular weight is 306 g/mol. The summed E-state index contributed by atoms with van der Waals surface area (Å²) >= 11 is 0. The maximum Gasteiger partial charge on any atom is 0.317 e. The van der Waals surface area contributed by atoms with Crippen LogP contribution < -0.4 is 5.32 Å². The fourth-order valence-corrected chi connectivity index (χ4v) is 4.40. The van der Waals surface area contributed by atoms with Crippen LogP contribution in [-0.2, 0) is 4.79 Å². The van der Waals surface area contributed by atoms with Crippen molar-refractivity contribution >= 4 is 12.0 Å². The first-order valence-electron chi connectivity index (χ1n) is 8.47. The van der Waals surface area contributed by atoms with E-state index in [0.717, 1.165) is 12.3 Å². The molecular weight excluding hydrogens is 280 g/mol. The third kappa shape index (κ3) is 3.28. The molecule has 3 unspecified atom stereocenters. The molecule has 0 radical (unpaired) electrons. The van der Waals surface area contributed by atoms with Gasteiger partial charge in [-0.1, -0.05) is 19.1 Å². The minimum absolute atomic E-state index is 0.100. The molecule has 0 spiro atoms. The van der Waals surface area contributed by atoms with Gasteiger partial charge in [0.1, 0.15) is 0 Å². The number of likely N-dealkylation sites (tertiary alicyclic amines) is 1. The number of nitrogens with zero attached hydrogens (tertiary/aromatic N) is 1. The molecule has 3 rings (SSSR count). The zero-order chi connectivity index (χ0) is 15.7. The van der Waals surface area contributed by atoms with Crippen LogP contribution in [0.4, 0.5) is 4.79 Å². The number of hydrogen-bond donors (Lipinski definition) is 2. The Hall–Kier alpha value is -1.52. The van der Waals surface area contributed by atoms with Gasteiger partial charge in [0, 0.05) is 19.6 Å². The van der Waals surface area contributed by atoms with Crippen molar-refractivity contribution in [2.24, 2.45) is 29.6 Å². The monoisotopic (exact) mass is 306 g/mol. The van der Waals surface area contributed by atoms with Gasteiger partial charge in [-0.05, 0) is 49.4 Å². The van der Waals surface area contributed by atoms with Crippen LogP contribution in [0.5, 0.6) is 0 Å². The molecule has 2 fully saturated rings. The van der Waals surface area contributed by atoms with E-state index in [-0.39, 0.29) is 11.9 Å². The lowest BCUT2D eigenvalue weighted by Gasteiger charge is -2.34. The molecule has 22 heavy (non-hydrogen) atoms. The van der Waals surface area contributed by atoms with E-state index in [1.165, 1.54) is 12.8 Å². The van der Waals surface area contributed by atoms with Gasteiger partial charge >= 0.3 is 12.0 Å². The Morgan fingerprint density at radius 2 is 2.05 bits per heavy atom. The van der Waals surface area contributed by atoms with Crippen LogP contribution in [0.3, 0.4) is 0 Å². The standard InChI is InChI=1S/C17H26N2O3/c1-11-6-15(16(20)21)10-19(9-11)17(22)18-5-4-14-8-12-2-3-13(14)7-12/h2-3,11-15H,4-10H2,1H3,(H,18,22)(H,20,21)/t11?,12-,13+,14?,15?/m1/s1. The molecule has 1 saturated heterocycles. The van der Waals surface area contributed by atoms with E-state index >= 15 is 0 Å². The van der Waals surface area contributed by atoms with Gasteiger partial charge in [0.25, 0.3) is 0 Å². The van der Waals surface area contributed by atoms with Crippen molar-refractivity contribution in [2.75, 3.05) is 19.6 Å². The van der Waals surface area contributed by atoms with E-state index in [9.17, 15) is 14.7 Å². The van der Waals surface area contributed by atoms with Gasteiger partial charge in [0.15, 0.2) is 0 Å². The molecule has 0 aromatic carbocycles. The maximum atomic E-state index is 12.3. The number of carbonyl (C=O) groups is 2. The van der Waals surface area contributed by atoms with Crippen molar-refractivity contribution < 1.29 is 14.7 Å². The zero-order valence-electron chi connectivity index (χ0n) is 13.2. The summed E-state index contributed by atoms with van der Waals surface area (Å²) in [5, 5.41) is 12.2. The minimum Gasteiger partial charge on any atom is -0.481 e. The second-order valence-corrected chi connectivity index (χ2v) is 7.34. The summed E-state index contributed by atoms with van der Waals surface area (Å²) in [6.07, 6.45) is 8.92. The normalized spacial score (nSPS) is 36.6. The predicted octanol–water partition coefficient (Wildman–Crippen LogP) is 2.34. The Kier molecular flexibility index (Phi) is 4.41. The molecule has 2 N–H and O–H groups in total. The van der Waals surface area contributed by atoms with Crippen molar-refractivity contribution in [2.45, 2.75) is 32.6 Å². The van der Waals surface area contributed by atoms with Crippen molar-refractivity contribution in [3.63, 3.8) is 0 Å². The van der Waals surface area contributed by atoms with Gasteiger partial charge < -0.3 is 15.3 Å². The van der Waals surface area contributed by atoms with Crippen LogP contribution in [0.2, 0.25) is 0 Å². The number of urea groups is 1. The first-order valence-corrected chi connectivity index (χ1v) is 8.47. The number of allylic oxidation sites excluding steroid dienone is 2. The molecule has 1 saturated carbocycles. The van der Waals surface area contributed by atoms with Crippen molar-refractivity contribution in [1.82, 2.24) is 10.2 Å². The van der Waals surface area contributed by atoms with Gasteiger partial charge in [0.05, 0.1) is 5.92 Å². The molecule has 0 aromatic heterocycles. The van der Waals surface area contributed by atoms with Crippen LogP contribution >= 0.6 is 0 Å². The highest BCUT2D eigenvalue weighted by atomic mass is 16.4. The number of piperidine rings is 1. The number of amides is 2. The summed E-state index contributed by atoms with van der Waals surface area (Å²) in [5.41, 5.74) is 0. The van der Waals surface area contributed by atoms with E-state index in [1.54, 1.807) is 4.90 Å². The number of carboxylic acid groups (broad SMARTS) is 1. The largest absolute Gasteiger partial charge is 0.481 e. The highest BCUT2D eigenvalue weighted by Crippen LogP contribution is 2.44. The Balaban J connectivity index is 1.43.